The molecule has 0 amide bonds. The number of aromatic nitrogens is 3. The Bertz CT molecular complexity index is 447. The summed E-state index contributed by atoms with van der Waals surface area (Å²) in [7, 11) is 0. The Hall–Kier alpha value is -1.23. The molecule has 0 unspecified atom stereocenters. The molecule has 0 saturated heterocycles. The first-order valence-corrected chi connectivity index (χ1v) is 5.87. The highest BCUT2D eigenvalue weighted by atomic mass is 32.1. The van der Waals surface area contributed by atoms with Crippen molar-refractivity contribution in [3.8, 4) is 11.6 Å². The predicted octanol–water partition coefficient (Wildman–Crippen LogP) is 2.88. The minimum atomic E-state index is 0.284. The lowest BCUT2D eigenvalue weighted by Gasteiger charge is -1.91. The Morgan fingerprint density at radius 1 is 1.40 bits per heavy atom. The molecule has 0 aliphatic rings. The van der Waals surface area contributed by atoms with Gasteiger partial charge in [-0.05, 0) is 6.42 Å². The summed E-state index contributed by atoms with van der Waals surface area (Å²) in [6.07, 6.45) is 0.940. The summed E-state index contributed by atoms with van der Waals surface area (Å²) in [5.74, 6) is 1.54. The molecule has 0 aromatic carbocycles. The van der Waals surface area contributed by atoms with Crippen LogP contribution in [0.15, 0.2) is 9.90 Å². The van der Waals surface area contributed by atoms with Gasteiger partial charge in [0.15, 0.2) is 5.82 Å². The van der Waals surface area contributed by atoms with Crippen molar-refractivity contribution in [2.45, 2.75) is 33.1 Å². The standard InChI is InChI=1S/C10H13N3OS/c1-4-8-11-7(5-15-8)10-12-9(6(2)3)13-14-10/h5-6H,4H2,1-3H3. The molecule has 0 aliphatic heterocycles. The molecular weight excluding hydrogens is 210 g/mol. The Morgan fingerprint density at radius 3 is 2.73 bits per heavy atom. The minimum Gasteiger partial charge on any atom is -0.332 e. The predicted molar refractivity (Wildman–Crippen MR) is 58.9 cm³/mol. The fourth-order valence-corrected chi connectivity index (χ4v) is 1.86. The number of rotatable bonds is 3. The maximum absolute atomic E-state index is 5.15. The molecule has 2 aromatic rings. The molecular formula is C10H13N3OS. The first-order valence-electron chi connectivity index (χ1n) is 4.99. The maximum Gasteiger partial charge on any atom is 0.277 e. The van der Waals surface area contributed by atoms with Gasteiger partial charge >= 0.3 is 0 Å². The SMILES string of the molecule is CCc1nc(-c2nc(C(C)C)no2)cs1. The first kappa shape index (κ1) is 10.3. The van der Waals surface area contributed by atoms with Crippen LogP contribution in [-0.4, -0.2) is 15.1 Å². The summed E-state index contributed by atoms with van der Waals surface area (Å²) in [4.78, 5) is 8.69. The van der Waals surface area contributed by atoms with Crippen LogP contribution in [0.25, 0.3) is 11.6 Å². The van der Waals surface area contributed by atoms with Crippen LogP contribution in [-0.2, 0) is 6.42 Å². The topological polar surface area (TPSA) is 51.8 Å². The summed E-state index contributed by atoms with van der Waals surface area (Å²) >= 11 is 1.62. The third-order valence-electron chi connectivity index (χ3n) is 2.03. The van der Waals surface area contributed by atoms with Gasteiger partial charge in [-0.25, -0.2) is 4.98 Å². The van der Waals surface area contributed by atoms with Gasteiger partial charge in [0.1, 0.15) is 5.69 Å². The Morgan fingerprint density at radius 2 is 2.20 bits per heavy atom. The van der Waals surface area contributed by atoms with Crippen molar-refractivity contribution >= 4 is 11.3 Å². The molecule has 15 heavy (non-hydrogen) atoms. The van der Waals surface area contributed by atoms with Gasteiger partial charge < -0.3 is 4.52 Å². The van der Waals surface area contributed by atoms with E-state index in [1.54, 1.807) is 11.3 Å². The van der Waals surface area contributed by atoms with E-state index in [9.17, 15) is 0 Å². The molecule has 2 rings (SSSR count). The largest absolute Gasteiger partial charge is 0.332 e. The van der Waals surface area contributed by atoms with Gasteiger partial charge in [-0.3, -0.25) is 0 Å². The van der Waals surface area contributed by atoms with Crippen LogP contribution in [0, 0.1) is 0 Å². The lowest BCUT2D eigenvalue weighted by atomic mass is 10.2. The second kappa shape index (κ2) is 4.10. The van der Waals surface area contributed by atoms with E-state index in [0.29, 0.717) is 5.89 Å². The zero-order chi connectivity index (χ0) is 10.8. The number of hydrogen-bond acceptors (Lipinski definition) is 5. The second-order valence-corrected chi connectivity index (χ2v) is 4.54. The van der Waals surface area contributed by atoms with Gasteiger partial charge in [0.25, 0.3) is 5.89 Å². The Labute approximate surface area is 92.4 Å². The van der Waals surface area contributed by atoms with Gasteiger partial charge in [-0.15, -0.1) is 11.3 Å². The molecule has 0 atom stereocenters. The van der Waals surface area contributed by atoms with E-state index in [1.807, 2.05) is 19.2 Å². The van der Waals surface area contributed by atoms with Crippen molar-refractivity contribution in [1.29, 1.82) is 0 Å². The molecule has 0 fully saturated rings. The zero-order valence-electron chi connectivity index (χ0n) is 9.02. The van der Waals surface area contributed by atoms with Crippen molar-refractivity contribution in [1.82, 2.24) is 15.1 Å². The van der Waals surface area contributed by atoms with Crippen LogP contribution in [0.2, 0.25) is 0 Å². The van der Waals surface area contributed by atoms with Crippen LogP contribution in [0.1, 0.15) is 37.5 Å². The van der Waals surface area contributed by atoms with E-state index in [1.165, 1.54) is 0 Å². The van der Waals surface area contributed by atoms with Crippen LogP contribution < -0.4 is 0 Å². The highest BCUT2D eigenvalue weighted by Gasteiger charge is 2.13. The highest BCUT2D eigenvalue weighted by molar-refractivity contribution is 7.09. The van der Waals surface area contributed by atoms with Crippen molar-refractivity contribution in [2.24, 2.45) is 0 Å². The average molecular weight is 223 g/mol. The molecule has 0 saturated carbocycles. The summed E-state index contributed by atoms with van der Waals surface area (Å²) in [6.45, 7) is 6.15. The fraction of sp³-hybridized carbons (Fsp3) is 0.500. The fourth-order valence-electron chi connectivity index (χ4n) is 1.14. The van der Waals surface area contributed by atoms with Crippen LogP contribution in [0.5, 0.6) is 0 Å². The monoisotopic (exact) mass is 223 g/mol. The number of nitrogens with zero attached hydrogens (tertiary/aromatic N) is 3. The molecule has 0 spiro atoms. The first-order chi connectivity index (χ1) is 7.20. The van der Waals surface area contributed by atoms with Crippen LogP contribution >= 0.6 is 11.3 Å². The van der Waals surface area contributed by atoms with Gasteiger partial charge in [-0.1, -0.05) is 25.9 Å². The molecule has 0 bridgehead atoms. The quantitative estimate of drug-likeness (QED) is 0.802. The molecule has 5 heteroatoms. The van der Waals surface area contributed by atoms with Crippen molar-refractivity contribution in [2.75, 3.05) is 0 Å². The van der Waals surface area contributed by atoms with E-state index in [2.05, 4.69) is 22.0 Å². The molecule has 2 aromatic heterocycles. The Kier molecular flexibility index (Phi) is 2.81. The average Bonchev–Trinajstić information content (AvgIpc) is 2.86. The minimum absolute atomic E-state index is 0.284. The van der Waals surface area contributed by atoms with Gasteiger partial charge in [0, 0.05) is 11.3 Å². The van der Waals surface area contributed by atoms with Gasteiger partial charge in [0.05, 0.1) is 5.01 Å². The summed E-state index contributed by atoms with van der Waals surface area (Å²) in [6, 6.07) is 0. The van der Waals surface area contributed by atoms with Gasteiger partial charge in [0.2, 0.25) is 0 Å². The van der Waals surface area contributed by atoms with Crippen LogP contribution in [0.4, 0.5) is 0 Å². The van der Waals surface area contributed by atoms with E-state index in [0.717, 1.165) is 22.9 Å². The second-order valence-electron chi connectivity index (χ2n) is 3.59. The molecule has 2 heterocycles. The molecule has 4 nitrogen and oxygen atoms in total. The van der Waals surface area contributed by atoms with Crippen molar-refractivity contribution in [3.05, 3.63) is 16.2 Å². The van der Waals surface area contributed by atoms with E-state index < -0.39 is 0 Å². The van der Waals surface area contributed by atoms with Crippen molar-refractivity contribution < 1.29 is 4.52 Å². The van der Waals surface area contributed by atoms with Crippen molar-refractivity contribution in [3.63, 3.8) is 0 Å². The highest BCUT2D eigenvalue weighted by Crippen LogP contribution is 2.22. The Balaban J connectivity index is 2.28. The molecule has 0 N–H and O–H groups in total. The van der Waals surface area contributed by atoms with Crippen LogP contribution in [0.3, 0.4) is 0 Å². The van der Waals surface area contributed by atoms with E-state index in [-0.39, 0.29) is 5.92 Å². The zero-order valence-corrected chi connectivity index (χ0v) is 9.84. The summed E-state index contributed by atoms with van der Waals surface area (Å²) in [5, 5.41) is 6.95. The molecule has 0 aliphatic carbocycles. The van der Waals surface area contributed by atoms with Gasteiger partial charge in [-0.2, -0.15) is 4.98 Å². The third-order valence-corrected chi connectivity index (χ3v) is 3.02. The number of aryl methyl sites for hydroxylation is 1. The smallest absolute Gasteiger partial charge is 0.277 e. The lowest BCUT2D eigenvalue weighted by molar-refractivity contribution is 0.418. The summed E-state index contributed by atoms with van der Waals surface area (Å²) in [5.41, 5.74) is 0.788. The lowest BCUT2D eigenvalue weighted by Crippen LogP contribution is -1.89. The summed E-state index contributed by atoms with van der Waals surface area (Å²) < 4.78 is 5.15. The maximum atomic E-state index is 5.15. The molecule has 80 valence electrons. The number of thiazole rings is 1. The van der Waals surface area contributed by atoms with E-state index in [4.69, 9.17) is 4.52 Å². The number of hydrogen-bond donors (Lipinski definition) is 0. The normalized spacial score (nSPS) is 11.2. The third kappa shape index (κ3) is 2.07. The van der Waals surface area contributed by atoms with E-state index >= 15 is 0 Å². The molecule has 0 radical (unpaired) electrons.